The summed E-state index contributed by atoms with van der Waals surface area (Å²) in [5.74, 6) is 0. The van der Waals surface area contributed by atoms with Crippen LogP contribution in [0.1, 0.15) is 0 Å². The van der Waals surface area contributed by atoms with E-state index in [1.807, 2.05) is 0 Å². The van der Waals surface area contributed by atoms with E-state index >= 15 is 0 Å². The zero-order valence-electron chi connectivity index (χ0n) is 5.21. The molecular weight excluding hydrogens is 187 g/mol. The molecule has 0 fully saturated rings. The molecule has 0 unspecified atom stereocenters. The Labute approximate surface area is 71.9 Å². The summed E-state index contributed by atoms with van der Waals surface area (Å²) in [5, 5.41) is 8.39. The molecule has 0 saturated carbocycles. The molecule has 2 rings (SSSR count). The topological polar surface area (TPSA) is 38.9 Å². The second kappa shape index (κ2) is 2.36. The quantitative estimate of drug-likeness (QED) is 0.638. The Morgan fingerprint density at radius 2 is 1.91 bits per heavy atom. The summed E-state index contributed by atoms with van der Waals surface area (Å²) < 4.78 is 5.01. The van der Waals surface area contributed by atoms with Gasteiger partial charge in [0.15, 0.2) is 15.9 Å². The lowest BCUT2D eigenvalue weighted by Crippen LogP contribution is -1.82. The van der Waals surface area contributed by atoms with Crippen LogP contribution in [0.25, 0.3) is 11.0 Å². The molecule has 2 aromatic rings. The Hall–Kier alpha value is -0.800. The Balaban J connectivity index is 2.96. The van der Waals surface area contributed by atoms with E-state index in [1.54, 1.807) is 6.07 Å². The van der Waals surface area contributed by atoms with Gasteiger partial charge in [-0.25, -0.2) is 0 Å². The van der Waals surface area contributed by atoms with Crippen LogP contribution in [-0.2, 0) is 0 Å². The SMILES string of the molecule is Clc1nnc(Cl)c2occc12. The molecule has 11 heavy (non-hydrogen) atoms. The molecule has 2 aromatic heterocycles. The van der Waals surface area contributed by atoms with Crippen molar-refractivity contribution < 1.29 is 4.42 Å². The zero-order chi connectivity index (χ0) is 7.84. The summed E-state index contributed by atoms with van der Waals surface area (Å²) in [5.41, 5.74) is 0.478. The molecule has 0 atom stereocenters. The van der Waals surface area contributed by atoms with Gasteiger partial charge in [0.25, 0.3) is 0 Å². The van der Waals surface area contributed by atoms with E-state index in [2.05, 4.69) is 10.2 Å². The molecule has 0 radical (unpaired) electrons. The highest BCUT2D eigenvalue weighted by atomic mass is 35.5. The van der Waals surface area contributed by atoms with Gasteiger partial charge in [-0.05, 0) is 6.07 Å². The first-order valence-corrected chi connectivity index (χ1v) is 3.59. The minimum absolute atomic E-state index is 0.231. The summed E-state index contributed by atoms with van der Waals surface area (Å²) in [4.78, 5) is 0. The van der Waals surface area contributed by atoms with Crippen LogP contribution in [0.3, 0.4) is 0 Å². The average molecular weight is 189 g/mol. The molecule has 0 aliphatic rings. The van der Waals surface area contributed by atoms with Crippen LogP contribution in [0.15, 0.2) is 16.7 Å². The van der Waals surface area contributed by atoms with Crippen molar-refractivity contribution in [2.75, 3.05) is 0 Å². The van der Waals surface area contributed by atoms with Crippen LogP contribution in [0.2, 0.25) is 10.3 Å². The molecule has 0 aliphatic carbocycles. The maximum absolute atomic E-state index is 5.68. The summed E-state index contributed by atoms with van der Waals surface area (Å²) in [7, 11) is 0. The van der Waals surface area contributed by atoms with Crippen LogP contribution in [0, 0.1) is 0 Å². The molecule has 56 valence electrons. The fraction of sp³-hybridized carbons (Fsp3) is 0. The molecule has 3 nitrogen and oxygen atoms in total. The molecule has 0 aromatic carbocycles. The highest BCUT2D eigenvalue weighted by Gasteiger charge is 2.07. The van der Waals surface area contributed by atoms with Crippen molar-refractivity contribution >= 4 is 34.2 Å². The molecule has 0 spiro atoms. The Morgan fingerprint density at radius 3 is 2.64 bits per heavy atom. The van der Waals surface area contributed by atoms with Gasteiger partial charge in [0, 0.05) is 0 Å². The average Bonchev–Trinajstić information content (AvgIpc) is 2.45. The fourth-order valence-corrected chi connectivity index (χ4v) is 1.19. The summed E-state index contributed by atoms with van der Waals surface area (Å²) >= 11 is 11.3. The highest BCUT2D eigenvalue weighted by molar-refractivity contribution is 6.37. The number of halogens is 2. The second-order valence-electron chi connectivity index (χ2n) is 1.95. The Kier molecular flexibility index (Phi) is 1.47. The highest BCUT2D eigenvalue weighted by Crippen LogP contribution is 2.26. The predicted octanol–water partition coefficient (Wildman–Crippen LogP) is 2.53. The van der Waals surface area contributed by atoms with Crippen molar-refractivity contribution in [3.05, 3.63) is 22.6 Å². The minimum Gasteiger partial charge on any atom is -0.461 e. The van der Waals surface area contributed by atoms with E-state index in [0.29, 0.717) is 16.1 Å². The number of aromatic nitrogens is 2. The van der Waals surface area contributed by atoms with Crippen molar-refractivity contribution in [2.45, 2.75) is 0 Å². The predicted molar refractivity (Wildman–Crippen MR) is 41.8 cm³/mol. The Bertz CT molecular complexity index is 362. The first-order chi connectivity index (χ1) is 5.29. The smallest absolute Gasteiger partial charge is 0.195 e. The molecule has 0 aliphatic heterocycles. The monoisotopic (exact) mass is 188 g/mol. The molecule has 0 bridgehead atoms. The zero-order valence-corrected chi connectivity index (χ0v) is 6.73. The first-order valence-electron chi connectivity index (χ1n) is 2.84. The van der Waals surface area contributed by atoms with Crippen molar-refractivity contribution in [1.29, 1.82) is 0 Å². The van der Waals surface area contributed by atoms with E-state index in [9.17, 15) is 0 Å². The van der Waals surface area contributed by atoms with Gasteiger partial charge >= 0.3 is 0 Å². The van der Waals surface area contributed by atoms with E-state index < -0.39 is 0 Å². The number of rotatable bonds is 0. The van der Waals surface area contributed by atoms with Crippen LogP contribution in [-0.4, -0.2) is 10.2 Å². The van der Waals surface area contributed by atoms with E-state index in [0.717, 1.165) is 0 Å². The first kappa shape index (κ1) is 6.88. The Morgan fingerprint density at radius 1 is 1.18 bits per heavy atom. The fourth-order valence-electron chi connectivity index (χ4n) is 0.819. The van der Waals surface area contributed by atoms with E-state index in [4.69, 9.17) is 27.6 Å². The molecular formula is C6H2Cl2N2O. The molecule has 2 heterocycles. The van der Waals surface area contributed by atoms with Crippen molar-refractivity contribution in [1.82, 2.24) is 10.2 Å². The number of hydrogen-bond acceptors (Lipinski definition) is 3. The standard InChI is InChI=1S/C6H2Cl2N2O/c7-5-3-1-2-11-4(3)6(8)10-9-5/h1-2H. The third-order valence-corrected chi connectivity index (χ3v) is 1.83. The van der Waals surface area contributed by atoms with Crippen molar-refractivity contribution in [3.63, 3.8) is 0 Å². The number of fused-ring (bicyclic) bond motifs is 1. The van der Waals surface area contributed by atoms with Gasteiger partial charge in [0.1, 0.15) is 0 Å². The molecule has 0 N–H and O–H groups in total. The van der Waals surface area contributed by atoms with Crippen LogP contribution in [0.4, 0.5) is 0 Å². The maximum atomic E-state index is 5.68. The van der Waals surface area contributed by atoms with Crippen LogP contribution >= 0.6 is 23.2 Å². The van der Waals surface area contributed by atoms with Crippen LogP contribution < -0.4 is 0 Å². The minimum atomic E-state index is 0.231. The number of nitrogens with zero attached hydrogens (tertiary/aromatic N) is 2. The van der Waals surface area contributed by atoms with E-state index in [1.165, 1.54) is 6.26 Å². The van der Waals surface area contributed by atoms with Gasteiger partial charge in [-0.3, -0.25) is 0 Å². The van der Waals surface area contributed by atoms with Gasteiger partial charge in [-0.1, -0.05) is 23.2 Å². The lowest BCUT2D eigenvalue weighted by Gasteiger charge is -1.90. The number of hydrogen-bond donors (Lipinski definition) is 0. The third kappa shape index (κ3) is 0.968. The molecule has 5 heteroatoms. The van der Waals surface area contributed by atoms with Gasteiger partial charge in [0.2, 0.25) is 0 Å². The summed E-state index contributed by atoms with van der Waals surface area (Å²) in [6, 6.07) is 1.69. The third-order valence-electron chi connectivity index (χ3n) is 1.30. The van der Waals surface area contributed by atoms with Gasteiger partial charge in [-0.2, -0.15) is 0 Å². The van der Waals surface area contributed by atoms with Gasteiger partial charge < -0.3 is 4.42 Å². The van der Waals surface area contributed by atoms with Crippen LogP contribution in [0.5, 0.6) is 0 Å². The van der Waals surface area contributed by atoms with E-state index in [-0.39, 0.29) is 5.15 Å². The van der Waals surface area contributed by atoms with Gasteiger partial charge in [0.05, 0.1) is 11.6 Å². The lowest BCUT2D eigenvalue weighted by atomic mass is 10.4. The summed E-state index contributed by atoms with van der Waals surface area (Å²) in [6.45, 7) is 0. The number of furan rings is 1. The normalized spacial score (nSPS) is 10.7. The largest absolute Gasteiger partial charge is 0.461 e. The molecule has 0 saturated heterocycles. The van der Waals surface area contributed by atoms with Crippen molar-refractivity contribution in [2.24, 2.45) is 0 Å². The van der Waals surface area contributed by atoms with Crippen molar-refractivity contribution in [3.8, 4) is 0 Å². The second-order valence-corrected chi connectivity index (χ2v) is 2.66. The lowest BCUT2D eigenvalue weighted by molar-refractivity contribution is 0.613. The molecule has 0 amide bonds. The van der Waals surface area contributed by atoms with Gasteiger partial charge in [-0.15, -0.1) is 10.2 Å². The summed E-state index contributed by atoms with van der Waals surface area (Å²) in [6.07, 6.45) is 1.49. The maximum Gasteiger partial charge on any atom is 0.195 e.